The molecule has 1 rings (SSSR count). The lowest BCUT2D eigenvalue weighted by Gasteiger charge is -2.25. The van der Waals surface area contributed by atoms with E-state index in [4.69, 9.17) is 4.74 Å². The number of halogens is 3. The summed E-state index contributed by atoms with van der Waals surface area (Å²) in [5.41, 5.74) is 0. The van der Waals surface area contributed by atoms with Crippen molar-refractivity contribution in [2.45, 2.75) is 50.7 Å². The van der Waals surface area contributed by atoms with E-state index in [-0.39, 0.29) is 12.6 Å². The van der Waals surface area contributed by atoms with Gasteiger partial charge in [-0.1, -0.05) is 25.7 Å². The molecular weight excluding hydrogens is 231 g/mol. The van der Waals surface area contributed by atoms with Gasteiger partial charge in [-0.15, -0.1) is 0 Å². The lowest BCUT2D eigenvalue weighted by molar-refractivity contribution is -0.176. The normalized spacial score (nSPS) is 21.2. The molecule has 0 radical (unpaired) electrons. The average Bonchev–Trinajstić information content (AvgIpc) is 2.51. The SMILES string of the molecule is CNC(COCC(F)(F)F)C1CCCCCC1. The summed E-state index contributed by atoms with van der Waals surface area (Å²) in [5.74, 6) is 0.454. The van der Waals surface area contributed by atoms with Crippen molar-refractivity contribution in [3.05, 3.63) is 0 Å². The molecule has 0 aromatic carbocycles. The highest BCUT2D eigenvalue weighted by atomic mass is 19.4. The first-order valence-electron chi connectivity index (χ1n) is 6.34. The van der Waals surface area contributed by atoms with E-state index in [0.717, 1.165) is 12.8 Å². The first-order valence-corrected chi connectivity index (χ1v) is 6.34. The van der Waals surface area contributed by atoms with Gasteiger partial charge in [0.05, 0.1) is 6.61 Å². The summed E-state index contributed by atoms with van der Waals surface area (Å²) in [6.45, 7) is -0.988. The van der Waals surface area contributed by atoms with E-state index in [1.807, 2.05) is 0 Å². The molecule has 1 aliphatic rings. The van der Waals surface area contributed by atoms with Crippen molar-refractivity contribution in [2.75, 3.05) is 20.3 Å². The average molecular weight is 253 g/mol. The van der Waals surface area contributed by atoms with E-state index >= 15 is 0 Å². The minimum Gasteiger partial charge on any atom is -0.370 e. The molecule has 2 nitrogen and oxygen atoms in total. The first-order chi connectivity index (χ1) is 8.03. The molecule has 102 valence electrons. The Labute approximate surface area is 101 Å². The van der Waals surface area contributed by atoms with E-state index in [2.05, 4.69) is 5.32 Å². The zero-order valence-corrected chi connectivity index (χ0v) is 10.4. The van der Waals surface area contributed by atoms with Crippen LogP contribution in [-0.2, 0) is 4.74 Å². The Morgan fingerprint density at radius 2 is 1.76 bits per heavy atom. The largest absolute Gasteiger partial charge is 0.411 e. The standard InChI is InChI=1S/C12H22F3NO/c1-16-11(8-17-9-12(13,14)15)10-6-4-2-3-5-7-10/h10-11,16H,2-9H2,1H3. The maximum atomic E-state index is 12.0. The lowest BCUT2D eigenvalue weighted by atomic mass is 9.92. The van der Waals surface area contributed by atoms with Gasteiger partial charge < -0.3 is 10.1 Å². The lowest BCUT2D eigenvalue weighted by Crippen LogP contribution is -2.38. The Hall–Kier alpha value is -0.290. The van der Waals surface area contributed by atoms with E-state index in [1.54, 1.807) is 7.05 Å². The fraction of sp³-hybridized carbons (Fsp3) is 1.00. The monoisotopic (exact) mass is 253 g/mol. The Balaban J connectivity index is 2.31. The third kappa shape index (κ3) is 6.27. The smallest absolute Gasteiger partial charge is 0.370 e. The van der Waals surface area contributed by atoms with Gasteiger partial charge in [-0.2, -0.15) is 13.2 Å². The minimum atomic E-state index is -4.22. The molecule has 5 heteroatoms. The molecule has 0 spiro atoms. The van der Waals surface area contributed by atoms with Crippen LogP contribution >= 0.6 is 0 Å². The van der Waals surface area contributed by atoms with Crippen LogP contribution in [0.1, 0.15) is 38.5 Å². The maximum Gasteiger partial charge on any atom is 0.411 e. The van der Waals surface area contributed by atoms with Crippen molar-refractivity contribution in [3.63, 3.8) is 0 Å². The Morgan fingerprint density at radius 1 is 1.18 bits per heavy atom. The highest BCUT2D eigenvalue weighted by Gasteiger charge is 2.29. The van der Waals surface area contributed by atoms with Crippen LogP contribution in [0.25, 0.3) is 0 Å². The molecule has 1 N–H and O–H groups in total. The van der Waals surface area contributed by atoms with Gasteiger partial charge >= 0.3 is 6.18 Å². The third-order valence-corrected chi connectivity index (χ3v) is 3.40. The van der Waals surface area contributed by atoms with Crippen LogP contribution in [-0.4, -0.2) is 32.5 Å². The van der Waals surface area contributed by atoms with Crippen LogP contribution in [0.5, 0.6) is 0 Å². The van der Waals surface area contributed by atoms with Crippen molar-refractivity contribution in [2.24, 2.45) is 5.92 Å². The van der Waals surface area contributed by atoms with Crippen molar-refractivity contribution >= 4 is 0 Å². The van der Waals surface area contributed by atoms with Crippen molar-refractivity contribution in [1.29, 1.82) is 0 Å². The summed E-state index contributed by atoms with van der Waals surface area (Å²) >= 11 is 0. The Kier molecular flexibility index (Phi) is 6.27. The van der Waals surface area contributed by atoms with Gasteiger partial charge in [-0.3, -0.25) is 0 Å². The van der Waals surface area contributed by atoms with Crippen LogP contribution in [0.3, 0.4) is 0 Å². The Morgan fingerprint density at radius 3 is 2.24 bits per heavy atom. The predicted octanol–water partition coefficient (Wildman–Crippen LogP) is 3.12. The number of likely N-dealkylation sites (N-methyl/N-ethyl adjacent to an activating group) is 1. The van der Waals surface area contributed by atoms with E-state index < -0.39 is 12.8 Å². The summed E-state index contributed by atoms with van der Waals surface area (Å²) in [7, 11) is 1.80. The van der Waals surface area contributed by atoms with Gasteiger partial charge in [0, 0.05) is 6.04 Å². The van der Waals surface area contributed by atoms with Crippen LogP contribution in [0.4, 0.5) is 13.2 Å². The molecule has 1 fully saturated rings. The van der Waals surface area contributed by atoms with Gasteiger partial charge in [0.2, 0.25) is 0 Å². The third-order valence-electron chi connectivity index (χ3n) is 3.40. The minimum absolute atomic E-state index is 0.0513. The molecule has 0 saturated heterocycles. The number of rotatable bonds is 5. The van der Waals surface area contributed by atoms with Gasteiger partial charge in [0.1, 0.15) is 6.61 Å². The van der Waals surface area contributed by atoms with E-state index in [9.17, 15) is 13.2 Å². The zero-order valence-electron chi connectivity index (χ0n) is 10.4. The van der Waals surface area contributed by atoms with Crippen molar-refractivity contribution in [1.82, 2.24) is 5.32 Å². The van der Waals surface area contributed by atoms with E-state index in [0.29, 0.717) is 5.92 Å². The molecule has 1 aliphatic carbocycles. The molecule has 0 aromatic heterocycles. The fourth-order valence-corrected chi connectivity index (χ4v) is 2.47. The molecule has 1 atom stereocenters. The number of alkyl halides is 3. The second-order valence-corrected chi connectivity index (χ2v) is 4.78. The quantitative estimate of drug-likeness (QED) is 0.760. The highest BCUT2D eigenvalue weighted by molar-refractivity contribution is 4.77. The van der Waals surface area contributed by atoms with Crippen LogP contribution < -0.4 is 5.32 Å². The maximum absolute atomic E-state index is 12.0. The molecule has 1 saturated carbocycles. The molecule has 17 heavy (non-hydrogen) atoms. The summed E-state index contributed by atoms with van der Waals surface area (Å²) in [5, 5.41) is 3.09. The molecule has 0 bridgehead atoms. The second-order valence-electron chi connectivity index (χ2n) is 4.78. The van der Waals surface area contributed by atoms with Crippen molar-refractivity contribution in [3.8, 4) is 0 Å². The van der Waals surface area contributed by atoms with Gasteiger partial charge in [-0.25, -0.2) is 0 Å². The van der Waals surface area contributed by atoms with E-state index in [1.165, 1.54) is 25.7 Å². The Bertz CT molecular complexity index is 200. The second kappa shape index (κ2) is 7.21. The fourth-order valence-electron chi connectivity index (χ4n) is 2.47. The summed E-state index contributed by atoms with van der Waals surface area (Å²) < 4.78 is 40.7. The number of ether oxygens (including phenoxy) is 1. The molecule has 1 unspecified atom stereocenters. The number of hydrogen-bond donors (Lipinski definition) is 1. The highest BCUT2D eigenvalue weighted by Crippen LogP contribution is 2.26. The summed E-state index contributed by atoms with van der Waals surface area (Å²) in [6.07, 6.45) is 2.83. The van der Waals surface area contributed by atoms with Gasteiger partial charge in [-0.05, 0) is 25.8 Å². The number of nitrogens with one attached hydrogen (secondary N) is 1. The van der Waals surface area contributed by atoms with Crippen LogP contribution in [0.15, 0.2) is 0 Å². The first kappa shape index (κ1) is 14.8. The van der Waals surface area contributed by atoms with Crippen LogP contribution in [0.2, 0.25) is 0 Å². The predicted molar refractivity (Wildman–Crippen MR) is 60.9 cm³/mol. The molecule has 0 aliphatic heterocycles. The zero-order chi connectivity index (χ0) is 12.7. The molecule has 0 heterocycles. The van der Waals surface area contributed by atoms with Gasteiger partial charge in [0.25, 0.3) is 0 Å². The summed E-state index contributed by atoms with van der Waals surface area (Å²) in [6, 6.07) is 0.0513. The van der Waals surface area contributed by atoms with Gasteiger partial charge in [0.15, 0.2) is 0 Å². The molecule has 0 amide bonds. The molecule has 0 aromatic rings. The van der Waals surface area contributed by atoms with Crippen molar-refractivity contribution < 1.29 is 17.9 Å². The number of hydrogen-bond acceptors (Lipinski definition) is 2. The van der Waals surface area contributed by atoms with Crippen LogP contribution in [0, 0.1) is 5.92 Å². The summed E-state index contributed by atoms with van der Waals surface area (Å²) in [4.78, 5) is 0. The molecular formula is C12H22F3NO. The topological polar surface area (TPSA) is 21.3 Å².